The second-order valence-corrected chi connectivity index (χ2v) is 4.13. The van der Waals surface area contributed by atoms with Crippen molar-refractivity contribution in [3.05, 3.63) is 0 Å². The van der Waals surface area contributed by atoms with E-state index in [1.54, 1.807) is 0 Å². The highest BCUT2D eigenvalue weighted by molar-refractivity contribution is 5.12. The third kappa shape index (κ3) is 0.992. The summed E-state index contributed by atoms with van der Waals surface area (Å²) < 4.78 is 5.28. The Morgan fingerprint density at radius 1 is 1.08 bits per heavy atom. The molecular weight excluding hydrogens is 174 g/mol. The molecule has 3 fully saturated rings. The summed E-state index contributed by atoms with van der Waals surface area (Å²) in [7, 11) is 0. The first-order chi connectivity index (χ1) is 6.18. The molecule has 74 valence electrons. The number of hydrogen-bond acceptors (Lipinski definition) is 5. The first-order valence-corrected chi connectivity index (χ1v) is 4.62. The van der Waals surface area contributed by atoms with Crippen LogP contribution >= 0.6 is 0 Å². The van der Waals surface area contributed by atoms with E-state index in [0.29, 0.717) is 6.54 Å². The monoisotopic (exact) mass is 187 g/mol. The number of aliphatic hydroxyl groups excluding tert-OH is 3. The van der Waals surface area contributed by atoms with E-state index in [4.69, 9.17) is 4.74 Å². The number of ether oxygens (including phenoxy) is 1. The number of piperidine rings is 1. The summed E-state index contributed by atoms with van der Waals surface area (Å²) in [6, 6.07) is -0.108. The van der Waals surface area contributed by atoms with Crippen molar-refractivity contribution in [1.82, 2.24) is 4.90 Å². The minimum absolute atomic E-state index is 0.0807. The summed E-state index contributed by atoms with van der Waals surface area (Å²) in [5, 5.41) is 28.5. The topological polar surface area (TPSA) is 76.5 Å². The third-order valence-corrected chi connectivity index (χ3v) is 3.31. The molecule has 3 N–H and O–H groups in total. The zero-order chi connectivity index (χ0) is 9.16. The minimum Gasteiger partial charge on any atom is -0.389 e. The molecule has 0 amide bonds. The van der Waals surface area contributed by atoms with Gasteiger partial charge in [-0.3, -0.25) is 4.90 Å². The van der Waals surface area contributed by atoms with Crippen LogP contribution in [0.25, 0.3) is 0 Å². The Morgan fingerprint density at radius 3 is 2.62 bits per heavy atom. The minimum atomic E-state index is -1.02. The Bertz CT molecular complexity index is 236. The molecule has 0 aromatic carbocycles. The van der Waals surface area contributed by atoms with Crippen molar-refractivity contribution in [2.45, 2.75) is 36.6 Å². The SMILES string of the molecule is O[C@@H]1[C@H](O)[C@H]2[C@H]3O[C@H]3CN2C[C@@H]1O. The number of aliphatic hydroxyl groups is 3. The molecule has 3 aliphatic heterocycles. The number of morpholine rings is 1. The van der Waals surface area contributed by atoms with Crippen LogP contribution < -0.4 is 0 Å². The van der Waals surface area contributed by atoms with Crippen LogP contribution in [0.5, 0.6) is 0 Å². The van der Waals surface area contributed by atoms with E-state index < -0.39 is 18.3 Å². The standard InChI is InChI=1S/C8H13NO4/c10-3-1-9-2-4-8(13-4)5(9)7(12)6(3)11/h3-8,10-12H,1-2H2/t3-,4-,5-,6-,7+,8-/m0/s1. The fourth-order valence-corrected chi connectivity index (χ4v) is 2.55. The van der Waals surface area contributed by atoms with Gasteiger partial charge in [-0.1, -0.05) is 0 Å². The van der Waals surface area contributed by atoms with Crippen LogP contribution in [0.4, 0.5) is 0 Å². The van der Waals surface area contributed by atoms with Gasteiger partial charge >= 0.3 is 0 Å². The van der Waals surface area contributed by atoms with Crippen molar-refractivity contribution in [1.29, 1.82) is 0 Å². The predicted molar refractivity (Wildman–Crippen MR) is 42.0 cm³/mol. The summed E-state index contributed by atoms with van der Waals surface area (Å²) in [6.45, 7) is 1.22. The first-order valence-electron chi connectivity index (χ1n) is 4.62. The molecule has 0 aliphatic carbocycles. The lowest BCUT2D eigenvalue weighted by Gasteiger charge is -2.40. The summed E-state index contributed by atoms with van der Waals surface area (Å²) in [6.07, 6.45) is -2.43. The molecule has 0 spiro atoms. The Morgan fingerprint density at radius 2 is 1.85 bits per heavy atom. The zero-order valence-corrected chi connectivity index (χ0v) is 7.08. The van der Waals surface area contributed by atoms with Gasteiger partial charge in [-0.05, 0) is 0 Å². The Kier molecular flexibility index (Phi) is 1.52. The van der Waals surface area contributed by atoms with E-state index in [0.717, 1.165) is 6.54 Å². The van der Waals surface area contributed by atoms with E-state index in [1.165, 1.54) is 0 Å². The van der Waals surface area contributed by atoms with E-state index >= 15 is 0 Å². The summed E-state index contributed by atoms with van der Waals surface area (Å²) in [4.78, 5) is 2.00. The molecule has 3 aliphatic rings. The fraction of sp³-hybridized carbons (Fsp3) is 1.00. The van der Waals surface area contributed by atoms with Gasteiger partial charge in [-0.25, -0.2) is 0 Å². The maximum absolute atomic E-state index is 9.68. The molecule has 0 aromatic heterocycles. The van der Waals surface area contributed by atoms with Crippen molar-refractivity contribution in [2.24, 2.45) is 0 Å². The quantitative estimate of drug-likeness (QED) is 0.366. The van der Waals surface area contributed by atoms with Crippen molar-refractivity contribution < 1.29 is 20.1 Å². The zero-order valence-electron chi connectivity index (χ0n) is 7.08. The third-order valence-electron chi connectivity index (χ3n) is 3.31. The fourth-order valence-electron chi connectivity index (χ4n) is 2.55. The van der Waals surface area contributed by atoms with Crippen molar-refractivity contribution in [2.75, 3.05) is 13.1 Å². The van der Waals surface area contributed by atoms with Crippen LogP contribution in [0.1, 0.15) is 0 Å². The summed E-state index contributed by atoms with van der Waals surface area (Å²) in [5.74, 6) is 0. The first kappa shape index (κ1) is 8.14. The second-order valence-electron chi connectivity index (χ2n) is 4.13. The molecule has 0 bridgehead atoms. The predicted octanol–water partition coefficient (Wildman–Crippen LogP) is -2.47. The van der Waals surface area contributed by atoms with Crippen LogP contribution in [-0.4, -0.2) is 69.9 Å². The van der Waals surface area contributed by atoms with Gasteiger partial charge in [0.05, 0.1) is 18.2 Å². The molecular formula is C8H13NO4. The van der Waals surface area contributed by atoms with Crippen LogP contribution in [0.3, 0.4) is 0 Å². The highest BCUT2D eigenvalue weighted by Crippen LogP contribution is 2.40. The largest absolute Gasteiger partial charge is 0.389 e. The average molecular weight is 187 g/mol. The molecule has 5 heteroatoms. The highest BCUT2D eigenvalue weighted by atomic mass is 16.6. The molecule has 3 rings (SSSR count). The van der Waals surface area contributed by atoms with E-state index in [1.807, 2.05) is 4.90 Å². The van der Waals surface area contributed by atoms with Gasteiger partial charge in [-0.2, -0.15) is 0 Å². The Hall–Kier alpha value is -0.200. The Labute approximate surface area is 75.5 Å². The van der Waals surface area contributed by atoms with Gasteiger partial charge in [0.1, 0.15) is 18.3 Å². The maximum Gasteiger partial charge on any atom is 0.109 e. The smallest absolute Gasteiger partial charge is 0.109 e. The van der Waals surface area contributed by atoms with Gasteiger partial charge in [0.15, 0.2) is 0 Å². The van der Waals surface area contributed by atoms with Crippen LogP contribution in [0.15, 0.2) is 0 Å². The molecule has 5 nitrogen and oxygen atoms in total. The number of rotatable bonds is 0. The van der Waals surface area contributed by atoms with Gasteiger partial charge in [0.25, 0.3) is 0 Å². The molecule has 0 saturated carbocycles. The molecule has 0 unspecified atom stereocenters. The molecule has 0 aromatic rings. The van der Waals surface area contributed by atoms with Crippen molar-refractivity contribution in [3.8, 4) is 0 Å². The lowest BCUT2D eigenvalue weighted by atomic mass is 9.94. The van der Waals surface area contributed by atoms with Crippen LogP contribution in [-0.2, 0) is 4.74 Å². The van der Waals surface area contributed by atoms with Gasteiger partial charge in [0, 0.05) is 13.1 Å². The average Bonchev–Trinajstić information content (AvgIpc) is 2.74. The molecule has 0 radical (unpaired) electrons. The van der Waals surface area contributed by atoms with Crippen LogP contribution in [0.2, 0.25) is 0 Å². The number of fused-ring (bicyclic) bond motifs is 3. The lowest BCUT2D eigenvalue weighted by molar-refractivity contribution is -0.138. The van der Waals surface area contributed by atoms with Crippen molar-refractivity contribution >= 4 is 0 Å². The Balaban J connectivity index is 1.83. The van der Waals surface area contributed by atoms with Gasteiger partial charge < -0.3 is 20.1 Å². The van der Waals surface area contributed by atoms with Gasteiger partial charge in [-0.15, -0.1) is 0 Å². The van der Waals surface area contributed by atoms with Crippen LogP contribution in [0, 0.1) is 0 Å². The summed E-state index contributed by atoms with van der Waals surface area (Å²) >= 11 is 0. The molecule has 6 atom stereocenters. The second kappa shape index (κ2) is 2.43. The molecule has 13 heavy (non-hydrogen) atoms. The summed E-state index contributed by atoms with van der Waals surface area (Å²) in [5.41, 5.74) is 0. The molecule has 3 heterocycles. The van der Waals surface area contributed by atoms with E-state index in [2.05, 4.69) is 0 Å². The molecule has 3 saturated heterocycles. The van der Waals surface area contributed by atoms with Crippen molar-refractivity contribution in [3.63, 3.8) is 0 Å². The number of epoxide rings is 1. The lowest BCUT2D eigenvalue weighted by Crippen LogP contribution is -2.61. The number of hydrogen-bond donors (Lipinski definition) is 3. The number of nitrogens with zero attached hydrogens (tertiary/aromatic N) is 1. The highest BCUT2D eigenvalue weighted by Gasteiger charge is 2.60. The maximum atomic E-state index is 9.68. The van der Waals surface area contributed by atoms with Gasteiger partial charge in [0.2, 0.25) is 0 Å². The normalized spacial score (nSPS) is 60.2. The van der Waals surface area contributed by atoms with E-state index in [-0.39, 0.29) is 18.2 Å². The van der Waals surface area contributed by atoms with E-state index in [9.17, 15) is 15.3 Å².